The van der Waals surface area contributed by atoms with Crippen molar-refractivity contribution in [2.75, 3.05) is 19.7 Å². The molecule has 0 radical (unpaired) electrons. The fraction of sp³-hybridized carbons (Fsp3) is 0.864. The first-order valence-electron chi connectivity index (χ1n) is 10.9. The van der Waals surface area contributed by atoms with Gasteiger partial charge in [0.2, 0.25) is 0 Å². The predicted octanol–water partition coefficient (Wildman–Crippen LogP) is 2.24. The summed E-state index contributed by atoms with van der Waals surface area (Å²) >= 11 is 0. The molecule has 4 aliphatic carbocycles. The summed E-state index contributed by atoms with van der Waals surface area (Å²) in [5.74, 6) is -0.0637. The number of hydrogen-bond acceptors (Lipinski definition) is 4. The van der Waals surface area contributed by atoms with Gasteiger partial charge in [-0.3, -0.25) is 9.69 Å². The third-order valence-electron chi connectivity index (χ3n) is 10.2. The van der Waals surface area contributed by atoms with Crippen LogP contribution < -0.4 is 0 Å². The smallest absolute Gasteiger partial charge is 0.307 e. The summed E-state index contributed by atoms with van der Waals surface area (Å²) in [6.45, 7) is 4.12. The van der Waals surface area contributed by atoms with Crippen molar-refractivity contribution in [2.24, 2.45) is 40.4 Å². The summed E-state index contributed by atoms with van der Waals surface area (Å²) in [6, 6.07) is 0. The van der Waals surface area contributed by atoms with E-state index in [2.05, 4.69) is 11.8 Å². The number of carbonyl (C=O) groups is 1. The number of aliphatic hydroxyl groups excluding tert-OH is 1. The van der Waals surface area contributed by atoms with Gasteiger partial charge in [-0.15, -0.1) is 0 Å². The molecule has 5 heteroatoms. The molecule has 8 atom stereocenters. The molecule has 2 heterocycles. The van der Waals surface area contributed by atoms with Crippen LogP contribution in [0, 0.1) is 40.4 Å². The third-order valence-corrected chi connectivity index (χ3v) is 10.2. The second-order valence-electron chi connectivity index (χ2n) is 10.5. The number of carboxylic acid groups (broad SMARTS) is 1. The van der Waals surface area contributed by atoms with E-state index >= 15 is 0 Å². The van der Waals surface area contributed by atoms with Crippen LogP contribution in [0.3, 0.4) is 0 Å². The Labute approximate surface area is 160 Å². The lowest BCUT2D eigenvalue weighted by Gasteiger charge is -2.69. The summed E-state index contributed by atoms with van der Waals surface area (Å²) in [5.41, 5.74) is 0.878. The van der Waals surface area contributed by atoms with Gasteiger partial charge in [-0.25, -0.2) is 0 Å². The van der Waals surface area contributed by atoms with Gasteiger partial charge in [0.15, 0.2) is 0 Å². The fourth-order valence-corrected chi connectivity index (χ4v) is 9.39. The second kappa shape index (κ2) is 4.98. The molecule has 6 rings (SSSR count). The highest BCUT2D eigenvalue weighted by Crippen LogP contribution is 2.79. The highest BCUT2D eigenvalue weighted by atomic mass is 16.4. The molecule has 4 fully saturated rings. The van der Waals surface area contributed by atoms with Crippen molar-refractivity contribution in [3.8, 4) is 0 Å². The molecule has 5 nitrogen and oxygen atoms in total. The maximum absolute atomic E-state index is 12.5. The number of hydrogen-bond donors (Lipinski definition) is 3. The molecule has 0 aromatic rings. The molecule has 2 saturated carbocycles. The molecule has 148 valence electrons. The van der Waals surface area contributed by atoms with Crippen LogP contribution in [0.2, 0.25) is 0 Å². The SMILES string of the molecule is CC1CN2CC3CCC4=C5C(CC4)C(C(=O)O)CC54C3(CO)CCC1C24O. The minimum absolute atomic E-state index is 0.0702. The Balaban J connectivity index is 1.68. The van der Waals surface area contributed by atoms with Gasteiger partial charge in [-0.1, -0.05) is 18.1 Å². The molecule has 0 aromatic carbocycles. The largest absolute Gasteiger partial charge is 0.481 e. The van der Waals surface area contributed by atoms with Crippen molar-refractivity contribution in [1.29, 1.82) is 0 Å². The van der Waals surface area contributed by atoms with Gasteiger partial charge in [-0.05, 0) is 62.7 Å². The Morgan fingerprint density at radius 2 is 2.00 bits per heavy atom. The van der Waals surface area contributed by atoms with Gasteiger partial charge in [0.25, 0.3) is 0 Å². The highest BCUT2D eigenvalue weighted by Gasteiger charge is 2.81. The zero-order valence-electron chi connectivity index (χ0n) is 16.2. The topological polar surface area (TPSA) is 81.0 Å². The fourth-order valence-electron chi connectivity index (χ4n) is 9.39. The molecule has 8 unspecified atom stereocenters. The lowest BCUT2D eigenvalue weighted by Crippen LogP contribution is -2.75. The molecule has 27 heavy (non-hydrogen) atoms. The Morgan fingerprint density at radius 3 is 2.74 bits per heavy atom. The van der Waals surface area contributed by atoms with E-state index in [9.17, 15) is 20.1 Å². The summed E-state index contributed by atoms with van der Waals surface area (Å²) in [4.78, 5) is 14.6. The standard InChI is InChI=1S/C22H31NO4/c1-12-9-23-10-14-4-2-13-3-5-15-16(19(25)26)8-21(18(13)15)20(14,11-24)7-6-17(12)22(21,23)27/h12,14-17,24,27H,2-11H2,1H3,(H,25,26). The maximum atomic E-state index is 12.5. The van der Waals surface area contributed by atoms with E-state index in [0.717, 1.165) is 51.6 Å². The van der Waals surface area contributed by atoms with Crippen molar-refractivity contribution in [3.63, 3.8) is 0 Å². The first-order valence-corrected chi connectivity index (χ1v) is 10.9. The van der Waals surface area contributed by atoms with Crippen molar-refractivity contribution in [2.45, 2.75) is 57.6 Å². The minimum Gasteiger partial charge on any atom is -0.481 e. The number of allylic oxidation sites excluding steroid dienone is 1. The van der Waals surface area contributed by atoms with Crippen LogP contribution in [0.1, 0.15) is 51.9 Å². The molecule has 1 spiro atoms. The van der Waals surface area contributed by atoms with Gasteiger partial charge in [-0.2, -0.15) is 0 Å². The Kier molecular flexibility index (Phi) is 3.13. The molecule has 4 bridgehead atoms. The lowest BCUT2D eigenvalue weighted by molar-refractivity contribution is -0.305. The van der Waals surface area contributed by atoms with Crippen LogP contribution in [0.15, 0.2) is 11.1 Å². The zero-order valence-corrected chi connectivity index (χ0v) is 16.2. The van der Waals surface area contributed by atoms with Crippen LogP contribution in [0.5, 0.6) is 0 Å². The quantitative estimate of drug-likeness (QED) is 0.647. The summed E-state index contributed by atoms with van der Waals surface area (Å²) in [5, 5.41) is 33.4. The monoisotopic (exact) mass is 373 g/mol. The first-order chi connectivity index (χ1) is 12.9. The van der Waals surface area contributed by atoms with E-state index in [-0.39, 0.29) is 23.9 Å². The van der Waals surface area contributed by atoms with Crippen LogP contribution in [-0.2, 0) is 4.79 Å². The average molecular weight is 373 g/mol. The van der Waals surface area contributed by atoms with E-state index in [1.165, 1.54) is 11.1 Å². The van der Waals surface area contributed by atoms with Gasteiger partial charge in [0.1, 0.15) is 5.72 Å². The van der Waals surface area contributed by atoms with Crippen molar-refractivity contribution in [3.05, 3.63) is 11.1 Å². The maximum Gasteiger partial charge on any atom is 0.307 e. The van der Waals surface area contributed by atoms with Crippen molar-refractivity contribution in [1.82, 2.24) is 4.90 Å². The van der Waals surface area contributed by atoms with Gasteiger partial charge < -0.3 is 15.3 Å². The highest BCUT2D eigenvalue weighted by molar-refractivity contribution is 5.73. The molecule has 6 aliphatic rings. The van der Waals surface area contributed by atoms with E-state index in [1.807, 2.05) is 0 Å². The van der Waals surface area contributed by atoms with Crippen LogP contribution in [0.4, 0.5) is 0 Å². The van der Waals surface area contributed by atoms with Crippen molar-refractivity contribution < 1.29 is 20.1 Å². The molecule has 2 aliphatic heterocycles. The predicted molar refractivity (Wildman–Crippen MR) is 98.6 cm³/mol. The molecular formula is C22H31NO4. The Hall–Kier alpha value is -0.910. The van der Waals surface area contributed by atoms with E-state index in [1.54, 1.807) is 0 Å². The number of rotatable bonds is 2. The van der Waals surface area contributed by atoms with E-state index in [4.69, 9.17) is 0 Å². The van der Waals surface area contributed by atoms with Gasteiger partial charge in [0.05, 0.1) is 12.5 Å². The Bertz CT molecular complexity index is 763. The molecule has 0 amide bonds. The average Bonchev–Trinajstić information content (AvgIpc) is 3.25. The minimum atomic E-state index is -0.971. The lowest BCUT2D eigenvalue weighted by atomic mass is 9.42. The summed E-state index contributed by atoms with van der Waals surface area (Å²) < 4.78 is 0. The second-order valence-corrected chi connectivity index (χ2v) is 10.5. The first kappa shape index (κ1) is 17.0. The molecular weight excluding hydrogens is 342 g/mol. The van der Waals surface area contributed by atoms with Crippen molar-refractivity contribution >= 4 is 5.97 Å². The van der Waals surface area contributed by atoms with Crippen LogP contribution >= 0.6 is 0 Å². The third kappa shape index (κ3) is 1.54. The number of nitrogens with zero attached hydrogens (tertiary/aromatic N) is 1. The van der Waals surface area contributed by atoms with Crippen LogP contribution in [-0.4, -0.2) is 51.6 Å². The normalized spacial score (nSPS) is 55.6. The van der Waals surface area contributed by atoms with E-state index in [0.29, 0.717) is 18.3 Å². The summed E-state index contributed by atoms with van der Waals surface area (Å²) in [6.07, 6.45) is 6.46. The summed E-state index contributed by atoms with van der Waals surface area (Å²) in [7, 11) is 0. The number of aliphatic carboxylic acids is 1. The number of piperidine rings is 1. The Morgan fingerprint density at radius 1 is 1.22 bits per heavy atom. The molecule has 3 N–H and O–H groups in total. The molecule has 0 aromatic heterocycles. The number of carboxylic acids is 1. The van der Waals surface area contributed by atoms with Crippen LogP contribution in [0.25, 0.3) is 0 Å². The van der Waals surface area contributed by atoms with Gasteiger partial charge >= 0.3 is 5.97 Å². The molecule has 2 saturated heterocycles. The van der Waals surface area contributed by atoms with E-state index < -0.39 is 23.0 Å². The zero-order chi connectivity index (χ0) is 18.8. The van der Waals surface area contributed by atoms with Gasteiger partial charge in [0, 0.05) is 29.8 Å². The number of aliphatic hydroxyl groups is 2.